The first-order valence-corrected chi connectivity index (χ1v) is 7.93. The van der Waals surface area contributed by atoms with Crippen molar-refractivity contribution in [3.05, 3.63) is 40.9 Å². The number of benzene rings is 1. The standard InChI is InChI=1S/C18H22ClNO/c1-11-14(19)6-5-7-15(11)20-16(21)18-9-8-13(10-18)17(3,4)12(18)2/h5-7,13H,2,8-10H2,1,3-4H3,(H,20,21). The lowest BCUT2D eigenvalue weighted by Crippen LogP contribution is -2.37. The fourth-order valence-electron chi connectivity index (χ4n) is 4.13. The summed E-state index contributed by atoms with van der Waals surface area (Å²) in [5, 5.41) is 3.78. The number of nitrogens with one attached hydrogen (secondary N) is 1. The molecule has 1 aromatic rings. The molecule has 3 heteroatoms. The van der Waals surface area contributed by atoms with Gasteiger partial charge >= 0.3 is 0 Å². The summed E-state index contributed by atoms with van der Waals surface area (Å²) in [5.74, 6) is 0.669. The molecule has 2 unspecified atom stereocenters. The van der Waals surface area contributed by atoms with E-state index < -0.39 is 0 Å². The number of carbonyl (C=O) groups excluding carboxylic acids is 1. The van der Waals surface area contributed by atoms with Crippen LogP contribution in [0.5, 0.6) is 0 Å². The molecule has 0 aromatic heterocycles. The second-order valence-corrected chi connectivity index (χ2v) is 7.50. The molecule has 21 heavy (non-hydrogen) atoms. The first-order chi connectivity index (χ1) is 9.79. The van der Waals surface area contributed by atoms with Gasteiger partial charge < -0.3 is 5.32 Å². The highest BCUT2D eigenvalue weighted by Crippen LogP contribution is 2.65. The smallest absolute Gasteiger partial charge is 0.234 e. The van der Waals surface area contributed by atoms with Crippen molar-refractivity contribution in [3.8, 4) is 0 Å². The van der Waals surface area contributed by atoms with Crippen LogP contribution in [-0.2, 0) is 4.79 Å². The first kappa shape index (κ1) is 14.6. The Balaban J connectivity index is 1.90. The van der Waals surface area contributed by atoms with Crippen LogP contribution in [0.3, 0.4) is 0 Å². The van der Waals surface area contributed by atoms with Crippen LogP contribution in [0.15, 0.2) is 30.4 Å². The van der Waals surface area contributed by atoms with Crippen LogP contribution in [-0.4, -0.2) is 5.91 Å². The van der Waals surface area contributed by atoms with E-state index in [0.717, 1.165) is 36.1 Å². The molecule has 3 rings (SSSR count). The summed E-state index contributed by atoms with van der Waals surface area (Å²) in [6, 6.07) is 5.62. The molecule has 2 fully saturated rings. The summed E-state index contributed by atoms with van der Waals surface area (Å²) in [6.07, 6.45) is 2.98. The molecule has 0 radical (unpaired) electrons. The maximum Gasteiger partial charge on any atom is 0.234 e. The summed E-state index contributed by atoms with van der Waals surface area (Å²) < 4.78 is 0. The number of hydrogen-bond donors (Lipinski definition) is 1. The van der Waals surface area contributed by atoms with Gasteiger partial charge in [-0.3, -0.25) is 4.79 Å². The van der Waals surface area contributed by atoms with Gasteiger partial charge in [0.25, 0.3) is 0 Å². The lowest BCUT2D eigenvalue weighted by Gasteiger charge is -2.37. The minimum absolute atomic E-state index is 0.0684. The molecule has 112 valence electrons. The van der Waals surface area contributed by atoms with Crippen molar-refractivity contribution in [2.75, 3.05) is 5.32 Å². The van der Waals surface area contributed by atoms with Crippen molar-refractivity contribution in [2.45, 2.75) is 40.0 Å². The normalized spacial score (nSPS) is 29.7. The van der Waals surface area contributed by atoms with Gasteiger partial charge in [0.15, 0.2) is 0 Å². The van der Waals surface area contributed by atoms with Crippen LogP contribution in [0.25, 0.3) is 0 Å². The van der Waals surface area contributed by atoms with E-state index >= 15 is 0 Å². The van der Waals surface area contributed by atoms with Crippen molar-refractivity contribution in [3.63, 3.8) is 0 Å². The van der Waals surface area contributed by atoms with Crippen LogP contribution >= 0.6 is 11.6 Å². The fourth-order valence-corrected chi connectivity index (χ4v) is 4.30. The number of carbonyl (C=O) groups is 1. The number of anilines is 1. The van der Waals surface area contributed by atoms with E-state index in [2.05, 4.69) is 25.7 Å². The third-order valence-electron chi connectivity index (χ3n) is 5.84. The molecule has 0 aliphatic heterocycles. The maximum atomic E-state index is 12.9. The van der Waals surface area contributed by atoms with Crippen LogP contribution < -0.4 is 5.32 Å². The SMILES string of the molecule is C=C1C2(C(=O)Nc3cccc(Cl)c3C)CCC(C2)C1(C)C. The number of amides is 1. The largest absolute Gasteiger partial charge is 0.325 e. The second-order valence-electron chi connectivity index (χ2n) is 7.09. The van der Waals surface area contributed by atoms with Crippen LogP contribution in [0.2, 0.25) is 5.02 Å². The van der Waals surface area contributed by atoms with Crippen molar-refractivity contribution in [1.82, 2.24) is 0 Å². The van der Waals surface area contributed by atoms with Gasteiger partial charge in [0.2, 0.25) is 5.91 Å². The topological polar surface area (TPSA) is 29.1 Å². The molecule has 2 atom stereocenters. The summed E-state index contributed by atoms with van der Waals surface area (Å²) in [7, 11) is 0. The summed E-state index contributed by atoms with van der Waals surface area (Å²) in [6.45, 7) is 10.7. The van der Waals surface area contributed by atoms with Crippen LogP contribution in [0, 0.1) is 23.7 Å². The third-order valence-corrected chi connectivity index (χ3v) is 6.25. The Bertz CT molecular complexity index is 634. The Hall–Kier alpha value is -1.28. The van der Waals surface area contributed by atoms with Gasteiger partial charge in [-0.05, 0) is 55.2 Å². The number of rotatable bonds is 2. The molecule has 1 amide bonds. The molecule has 0 spiro atoms. The number of halogens is 1. The molecule has 2 aliphatic rings. The first-order valence-electron chi connectivity index (χ1n) is 7.55. The van der Waals surface area contributed by atoms with Gasteiger partial charge in [-0.25, -0.2) is 0 Å². The Morgan fingerprint density at radius 3 is 2.76 bits per heavy atom. The Morgan fingerprint density at radius 2 is 2.14 bits per heavy atom. The van der Waals surface area contributed by atoms with Gasteiger partial charge in [-0.2, -0.15) is 0 Å². The molecule has 2 nitrogen and oxygen atoms in total. The summed E-state index contributed by atoms with van der Waals surface area (Å²) in [4.78, 5) is 12.9. The molecular formula is C18H22ClNO. The van der Waals surface area contributed by atoms with Crippen molar-refractivity contribution >= 4 is 23.2 Å². The lowest BCUT2D eigenvalue weighted by atomic mass is 9.68. The molecule has 1 N–H and O–H groups in total. The molecule has 0 saturated heterocycles. The fraction of sp³-hybridized carbons (Fsp3) is 0.500. The zero-order valence-corrected chi connectivity index (χ0v) is 13.7. The zero-order chi connectivity index (χ0) is 15.4. The van der Waals surface area contributed by atoms with Gasteiger partial charge in [-0.1, -0.05) is 43.7 Å². The van der Waals surface area contributed by atoms with Gasteiger partial charge in [-0.15, -0.1) is 0 Å². The molecule has 2 bridgehead atoms. The van der Waals surface area contributed by atoms with E-state index in [9.17, 15) is 4.79 Å². The predicted molar refractivity (Wildman–Crippen MR) is 87.5 cm³/mol. The van der Waals surface area contributed by atoms with Gasteiger partial charge in [0.1, 0.15) is 0 Å². The Morgan fingerprint density at radius 1 is 1.43 bits per heavy atom. The highest BCUT2D eigenvalue weighted by atomic mass is 35.5. The molecule has 0 heterocycles. The Labute approximate surface area is 131 Å². The Kier molecular flexibility index (Phi) is 3.21. The van der Waals surface area contributed by atoms with E-state index in [1.54, 1.807) is 0 Å². The molecule has 2 aliphatic carbocycles. The second kappa shape index (κ2) is 4.61. The summed E-state index contributed by atoms with van der Waals surface area (Å²) >= 11 is 6.14. The van der Waals surface area contributed by atoms with Crippen LogP contribution in [0.4, 0.5) is 5.69 Å². The van der Waals surface area contributed by atoms with E-state index in [4.69, 9.17) is 11.6 Å². The maximum absolute atomic E-state index is 12.9. The van der Waals surface area contributed by atoms with Gasteiger partial charge in [0.05, 0.1) is 5.41 Å². The van der Waals surface area contributed by atoms with Crippen LogP contribution in [0.1, 0.15) is 38.7 Å². The monoisotopic (exact) mass is 303 g/mol. The molecule has 1 aromatic carbocycles. The minimum Gasteiger partial charge on any atom is -0.325 e. The van der Waals surface area contributed by atoms with Crippen molar-refractivity contribution in [2.24, 2.45) is 16.7 Å². The van der Waals surface area contributed by atoms with Crippen molar-refractivity contribution in [1.29, 1.82) is 0 Å². The zero-order valence-electron chi connectivity index (χ0n) is 12.9. The van der Waals surface area contributed by atoms with E-state index in [1.807, 2.05) is 25.1 Å². The summed E-state index contributed by atoms with van der Waals surface area (Å²) in [5.41, 5.74) is 2.51. The minimum atomic E-state index is -0.386. The highest BCUT2D eigenvalue weighted by Gasteiger charge is 2.60. The van der Waals surface area contributed by atoms with Gasteiger partial charge in [0, 0.05) is 10.7 Å². The lowest BCUT2D eigenvalue weighted by molar-refractivity contribution is -0.123. The molecule has 2 saturated carbocycles. The average molecular weight is 304 g/mol. The van der Waals surface area contributed by atoms with E-state index in [1.165, 1.54) is 0 Å². The number of fused-ring (bicyclic) bond motifs is 2. The average Bonchev–Trinajstić information content (AvgIpc) is 2.96. The van der Waals surface area contributed by atoms with E-state index in [-0.39, 0.29) is 16.7 Å². The predicted octanol–water partition coefficient (Wildman–Crippen LogP) is 4.97. The van der Waals surface area contributed by atoms with Crippen molar-refractivity contribution < 1.29 is 4.79 Å². The number of hydrogen-bond acceptors (Lipinski definition) is 1. The quantitative estimate of drug-likeness (QED) is 0.768. The highest BCUT2D eigenvalue weighted by molar-refractivity contribution is 6.31. The molecular weight excluding hydrogens is 282 g/mol. The third kappa shape index (κ3) is 1.96. The van der Waals surface area contributed by atoms with E-state index in [0.29, 0.717) is 10.9 Å².